The molecular formula is C30H37N7O2. The molecule has 204 valence electrons. The first-order valence-corrected chi connectivity index (χ1v) is 14.3. The molecule has 3 aromatic heterocycles. The van der Waals surface area contributed by atoms with Crippen LogP contribution < -0.4 is 16.3 Å². The molecule has 0 unspecified atom stereocenters. The monoisotopic (exact) mass is 527 g/mol. The summed E-state index contributed by atoms with van der Waals surface area (Å²) < 4.78 is 5.78. The fourth-order valence-electron chi connectivity index (χ4n) is 6.11. The second kappa shape index (κ2) is 10.4. The topological polar surface area (TPSA) is 93.7 Å². The Morgan fingerprint density at radius 3 is 2.28 bits per heavy atom. The molecule has 6 rings (SSSR count). The van der Waals surface area contributed by atoms with Gasteiger partial charge in [-0.05, 0) is 62.4 Å². The van der Waals surface area contributed by atoms with Crippen LogP contribution >= 0.6 is 0 Å². The molecule has 39 heavy (non-hydrogen) atoms. The van der Waals surface area contributed by atoms with E-state index < -0.39 is 0 Å². The van der Waals surface area contributed by atoms with E-state index in [1.165, 1.54) is 0 Å². The number of piperidine rings is 1. The molecule has 2 aromatic carbocycles. The van der Waals surface area contributed by atoms with Gasteiger partial charge < -0.3 is 9.88 Å². The maximum Gasteiger partial charge on any atom is 0.329 e. The minimum Gasteiger partial charge on any atom is -0.356 e. The van der Waals surface area contributed by atoms with E-state index in [0.717, 1.165) is 96.0 Å². The molecule has 5 aromatic rings. The molecule has 9 heteroatoms. The number of aromatic amines is 1. The van der Waals surface area contributed by atoms with E-state index in [2.05, 4.69) is 46.9 Å². The number of benzene rings is 2. The summed E-state index contributed by atoms with van der Waals surface area (Å²) in [5, 5.41) is 0.973. The highest BCUT2D eigenvalue weighted by Gasteiger charge is 2.26. The molecule has 1 N–H and O–H groups in total. The molecule has 0 bridgehead atoms. The first-order chi connectivity index (χ1) is 19.0. The fourth-order valence-corrected chi connectivity index (χ4v) is 6.11. The molecule has 1 saturated heterocycles. The lowest BCUT2D eigenvalue weighted by Crippen LogP contribution is -2.37. The molecule has 0 atom stereocenters. The van der Waals surface area contributed by atoms with Crippen molar-refractivity contribution >= 4 is 38.8 Å². The Kier molecular flexibility index (Phi) is 6.74. The van der Waals surface area contributed by atoms with Crippen LogP contribution in [0.15, 0.2) is 46.2 Å². The van der Waals surface area contributed by atoms with Gasteiger partial charge in [-0.25, -0.2) is 19.6 Å². The lowest BCUT2D eigenvalue weighted by molar-refractivity contribution is 0.395. The highest BCUT2D eigenvalue weighted by Crippen LogP contribution is 2.32. The van der Waals surface area contributed by atoms with Gasteiger partial charge in [0, 0.05) is 37.6 Å². The summed E-state index contributed by atoms with van der Waals surface area (Å²) in [6.45, 7) is 9.35. The molecule has 0 saturated carbocycles. The van der Waals surface area contributed by atoms with E-state index in [1.54, 1.807) is 6.33 Å². The molecule has 1 fully saturated rings. The Balaban J connectivity index is 1.35. The van der Waals surface area contributed by atoms with Crippen LogP contribution in [-0.2, 0) is 13.1 Å². The third kappa shape index (κ3) is 4.43. The predicted molar refractivity (Wildman–Crippen MR) is 157 cm³/mol. The average molecular weight is 528 g/mol. The molecule has 9 nitrogen and oxygen atoms in total. The summed E-state index contributed by atoms with van der Waals surface area (Å²) in [5.74, 6) is 0.901. The Hall–Kier alpha value is -3.88. The van der Waals surface area contributed by atoms with Crippen LogP contribution in [0.5, 0.6) is 0 Å². The maximum atomic E-state index is 13.4. The molecule has 0 aliphatic carbocycles. The van der Waals surface area contributed by atoms with E-state index in [-0.39, 0.29) is 17.4 Å². The summed E-state index contributed by atoms with van der Waals surface area (Å²) >= 11 is 0. The van der Waals surface area contributed by atoms with E-state index in [9.17, 15) is 9.59 Å². The van der Waals surface area contributed by atoms with Crippen molar-refractivity contribution in [3.8, 4) is 0 Å². The summed E-state index contributed by atoms with van der Waals surface area (Å²) in [6.07, 6.45) is 7.33. The molecule has 0 radical (unpaired) electrons. The number of nitrogens with one attached hydrogen (secondary N) is 1. The number of aromatic nitrogens is 6. The van der Waals surface area contributed by atoms with Gasteiger partial charge in [0.25, 0.3) is 0 Å². The third-order valence-electron chi connectivity index (χ3n) is 8.23. The van der Waals surface area contributed by atoms with Crippen LogP contribution in [0.1, 0.15) is 64.0 Å². The zero-order valence-corrected chi connectivity index (χ0v) is 23.1. The maximum absolute atomic E-state index is 13.4. The van der Waals surface area contributed by atoms with Gasteiger partial charge >= 0.3 is 11.4 Å². The van der Waals surface area contributed by atoms with Crippen molar-refractivity contribution in [3.63, 3.8) is 0 Å². The van der Waals surface area contributed by atoms with Crippen LogP contribution in [0.2, 0.25) is 0 Å². The van der Waals surface area contributed by atoms with E-state index in [4.69, 9.17) is 4.98 Å². The fraction of sp³-hybridized carbons (Fsp3) is 0.467. The Labute approximate surface area is 227 Å². The minimum absolute atomic E-state index is 0.0402. The molecule has 0 amide bonds. The van der Waals surface area contributed by atoms with Gasteiger partial charge in [0.15, 0.2) is 0 Å². The smallest absolute Gasteiger partial charge is 0.329 e. The normalized spacial score (nSPS) is 14.8. The van der Waals surface area contributed by atoms with Crippen molar-refractivity contribution in [1.29, 1.82) is 0 Å². The van der Waals surface area contributed by atoms with Gasteiger partial charge in [0.2, 0.25) is 0 Å². The van der Waals surface area contributed by atoms with Crippen LogP contribution in [0, 0.1) is 6.92 Å². The number of unbranched alkanes of at least 4 members (excludes halogenated alkanes) is 2. The lowest BCUT2D eigenvalue weighted by atomic mass is 10.0. The molecule has 1 aliphatic rings. The number of anilines is 1. The van der Waals surface area contributed by atoms with Gasteiger partial charge in [-0.1, -0.05) is 32.8 Å². The van der Waals surface area contributed by atoms with Crippen LogP contribution in [0.4, 0.5) is 5.82 Å². The first kappa shape index (κ1) is 25.4. The van der Waals surface area contributed by atoms with Gasteiger partial charge in [0.1, 0.15) is 12.1 Å². The minimum atomic E-state index is -0.0402. The lowest BCUT2D eigenvalue weighted by Gasteiger charge is -2.33. The quantitative estimate of drug-likeness (QED) is 0.302. The van der Waals surface area contributed by atoms with Crippen molar-refractivity contribution in [3.05, 3.63) is 63.2 Å². The number of fused-ring (bicyclic) bond motifs is 3. The second-order valence-corrected chi connectivity index (χ2v) is 10.9. The predicted octanol–water partition coefficient (Wildman–Crippen LogP) is 5.14. The van der Waals surface area contributed by atoms with Crippen LogP contribution in [0.3, 0.4) is 0 Å². The van der Waals surface area contributed by atoms with Gasteiger partial charge in [0.05, 0.1) is 27.6 Å². The van der Waals surface area contributed by atoms with Crippen LogP contribution in [-0.4, -0.2) is 41.7 Å². The largest absolute Gasteiger partial charge is 0.356 e. The van der Waals surface area contributed by atoms with E-state index in [0.29, 0.717) is 13.1 Å². The summed E-state index contributed by atoms with van der Waals surface area (Å²) in [6, 6.07) is 10.5. The van der Waals surface area contributed by atoms with Gasteiger partial charge in [-0.2, -0.15) is 0 Å². The van der Waals surface area contributed by atoms with E-state index in [1.807, 2.05) is 32.8 Å². The Morgan fingerprint density at radius 2 is 1.59 bits per heavy atom. The van der Waals surface area contributed by atoms with Crippen molar-refractivity contribution in [2.75, 3.05) is 18.0 Å². The summed E-state index contributed by atoms with van der Waals surface area (Å²) in [5.41, 5.74) is 5.80. The Bertz CT molecular complexity index is 1770. The van der Waals surface area contributed by atoms with Crippen molar-refractivity contribution < 1.29 is 0 Å². The van der Waals surface area contributed by atoms with Crippen molar-refractivity contribution in [2.45, 2.75) is 78.4 Å². The number of rotatable bonds is 8. The van der Waals surface area contributed by atoms with Gasteiger partial charge in [-0.15, -0.1) is 0 Å². The standard InChI is InChI=1S/C30H37N7O2/c1-4-6-12-35-26-17-22-23(18-27(26)36(30(35)39)13-7-5-2)31-19-32-28(22)34-14-10-21(11-15-34)37-25-9-8-20(3)16-24(25)33-29(37)38/h8-9,16-19,21H,4-7,10-15H2,1-3H3,(H,33,38). The Morgan fingerprint density at radius 1 is 0.897 bits per heavy atom. The van der Waals surface area contributed by atoms with Crippen molar-refractivity contribution in [2.24, 2.45) is 0 Å². The van der Waals surface area contributed by atoms with Crippen molar-refractivity contribution in [1.82, 2.24) is 28.7 Å². The van der Waals surface area contributed by atoms with E-state index >= 15 is 0 Å². The summed E-state index contributed by atoms with van der Waals surface area (Å²) in [7, 11) is 0. The highest BCUT2D eigenvalue weighted by molar-refractivity contribution is 5.99. The summed E-state index contributed by atoms with van der Waals surface area (Å²) in [4.78, 5) is 40.9. The molecular weight excluding hydrogens is 490 g/mol. The molecule has 0 spiro atoms. The SMILES string of the molecule is CCCCn1c(=O)n(CCCC)c2cc3c(N4CCC(n5c(=O)[nH]c6cc(C)ccc65)CC4)ncnc3cc21. The number of nitrogens with zero attached hydrogens (tertiary/aromatic N) is 6. The first-order valence-electron chi connectivity index (χ1n) is 14.3. The van der Waals surface area contributed by atoms with Gasteiger partial charge in [-0.3, -0.25) is 13.7 Å². The molecule has 4 heterocycles. The number of H-pyrrole nitrogens is 1. The average Bonchev–Trinajstić information content (AvgIpc) is 3.40. The number of aryl methyl sites for hydroxylation is 3. The third-order valence-corrected chi connectivity index (χ3v) is 8.23. The molecule has 1 aliphatic heterocycles. The zero-order valence-electron chi connectivity index (χ0n) is 23.1. The number of hydrogen-bond acceptors (Lipinski definition) is 5. The zero-order chi connectivity index (χ0) is 27.1. The number of hydrogen-bond donors (Lipinski definition) is 1. The second-order valence-electron chi connectivity index (χ2n) is 10.9. The van der Waals surface area contributed by atoms with Crippen LogP contribution in [0.25, 0.3) is 33.0 Å². The number of imidazole rings is 2. The highest BCUT2D eigenvalue weighted by atomic mass is 16.2.